The van der Waals surface area contributed by atoms with Crippen molar-refractivity contribution in [2.45, 2.75) is 32.7 Å². The van der Waals surface area contributed by atoms with Crippen LogP contribution in [-0.4, -0.2) is 57.9 Å². The molecule has 0 bridgehead atoms. The van der Waals surface area contributed by atoms with E-state index < -0.39 is 5.97 Å². The highest BCUT2D eigenvalue weighted by Gasteiger charge is 2.19. The van der Waals surface area contributed by atoms with Crippen LogP contribution in [0.1, 0.15) is 52.5 Å². The van der Waals surface area contributed by atoms with Crippen molar-refractivity contribution in [3.05, 3.63) is 107 Å². The van der Waals surface area contributed by atoms with Gasteiger partial charge in [-0.05, 0) is 65.6 Å². The maximum Gasteiger partial charge on any atom is 0.305 e. The number of hydrogen-bond donors (Lipinski definition) is 2. The second-order valence-electron chi connectivity index (χ2n) is 10.1. The number of carbonyl (C=O) groups is 3. The van der Waals surface area contributed by atoms with Crippen LogP contribution in [0.5, 0.6) is 0 Å². The lowest BCUT2D eigenvalue weighted by Crippen LogP contribution is -2.32. The minimum absolute atomic E-state index is 0.0574. The Labute approximate surface area is 256 Å². The summed E-state index contributed by atoms with van der Waals surface area (Å²) in [7, 11) is 2.00. The van der Waals surface area contributed by atoms with E-state index in [1.165, 1.54) is 17.3 Å². The summed E-state index contributed by atoms with van der Waals surface area (Å²) in [4.78, 5) is 49.3. The van der Waals surface area contributed by atoms with Crippen LogP contribution < -0.4 is 10.2 Å². The van der Waals surface area contributed by atoms with Crippen LogP contribution in [0.2, 0.25) is 5.15 Å². The predicted octanol–water partition coefficient (Wildman–Crippen LogP) is 6.40. The van der Waals surface area contributed by atoms with Crippen molar-refractivity contribution in [2.24, 2.45) is 0 Å². The van der Waals surface area contributed by atoms with Crippen molar-refractivity contribution in [1.29, 1.82) is 0 Å². The lowest BCUT2D eigenvalue weighted by Gasteiger charge is -2.24. The Kier molecular flexibility index (Phi) is 10.8. The Morgan fingerprint density at radius 3 is 2.44 bits per heavy atom. The fourth-order valence-electron chi connectivity index (χ4n) is 4.59. The van der Waals surface area contributed by atoms with Crippen molar-refractivity contribution in [3.8, 4) is 11.1 Å². The van der Waals surface area contributed by atoms with Crippen LogP contribution in [0.25, 0.3) is 11.1 Å². The van der Waals surface area contributed by atoms with Crippen LogP contribution in [0, 0.1) is 0 Å². The molecule has 0 fully saturated rings. The van der Waals surface area contributed by atoms with E-state index in [0.717, 1.165) is 41.8 Å². The second-order valence-corrected chi connectivity index (χ2v) is 10.5. The number of halogens is 1. The Balaban J connectivity index is 1.63. The largest absolute Gasteiger partial charge is 0.481 e. The molecule has 222 valence electrons. The van der Waals surface area contributed by atoms with Crippen molar-refractivity contribution < 1.29 is 19.5 Å². The van der Waals surface area contributed by atoms with Gasteiger partial charge in [0, 0.05) is 45.3 Å². The molecule has 4 aromatic rings. The highest BCUT2D eigenvalue weighted by Crippen LogP contribution is 2.32. The van der Waals surface area contributed by atoms with Crippen LogP contribution in [-0.2, 0) is 11.3 Å². The number of carboxylic acids is 1. The Hall–Kier alpha value is -4.76. The summed E-state index contributed by atoms with van der Waals surface area (Å²) >= 11 is 5.90. The van der Waals surface area contributed by atoms with Gasteiger partial charge in [0.05, 0.1) is 28.9 Å². The number of amides is 2. The van der Waals surface area contributed by atoms with Crippen LogP contribution >= 0.6 is 11.6 Å². The van der Waals surface area contributed by atoms with E-state index in [2.05, 4.69) is 27.1 Å². The molecule has 2 N–H and O–H groups in total. The quantitative estimate of drug-likeness (QED) is 0.171. The molecule has 2 amide bonds. The number of carbonyl (C=O) groups excluding carboxylic acids is 2. The van der Waals surface area contributed by atoms with Gasteiger partial charge in [0.15, 0.2) is 0 Å². The van der Waals surface area contributed by atoms with Gasteiger partial charge < -0.3 is 20.2 Å². The highest BCUT2D eigenvalue weighted by molar-refractivity contribution is 6.29. The highest BCUT2D eigenvalue weighted by atomic mass is 35.5. The molecule has 0 aliphatic heterocycles. The molecule has 0 aliphatic carbocycles. The summed E-state index contributed by atoms with van der Waals surface area (Å²) in [6, 6.07) is 20.2. The zero-order valence-corrected chi connectivity index (χ0v) is 24.9. The van der Waals surface area contributed by atoms with Crippen LogP contribution in [0.4, 0.5) is 11.4 Å². The molecule has 9 nitrogen and oxygen atoms in total. The van der Waals surface area contributed by atoms with Gasteiger partial charge in [0.2, 0.25) is 0 Å². The number of carboxylic acid groups (broad SMARTS) is 1. The molecule has 0 aliphatic rings. The van der Waals surface area contributed by atoms with Gasteiger partial charge in [-0.1, -0.05) is 49.2 Å². The average molecular weight is 600 g/mol. The van der Waals surface area contributed by atoms with Gasteiger partial charge in [0.25, 0.3) is 11.8 Å². The summed E-state index contributed by atoms with van der Waals surface area (Å²) < 4.78 is 0. The molecule has 2 heterocycles. The summed E-state index contributed by atoms with van der Waals surface area (Å²) in [5.74, 6) is -1.57. The summed E-state index contributed by atoms with van der Waals surface area (Å²) in [5.41, 5.74) is 4.90. The fourth-order valence-corrected chi connectivity index (χ4v) is 4.71. The Morgan fingerprint density at radius 1 is 0.930 bits per heavy atom. The maximum atomic E-state index is 13.2. The minimum Gasteiger partial charge on any atom is -0.481 e. The van der Waals surface area contributed by atoms with Crippen molar-refractivity contribution in [1.82, 2.24) is 14.9 Å². The van der Waals surface area contributed by atoms with Gasteiger partial charge in [-0.3, -0.25) is 19.4 Å². The average Bonchev–Trinajstić information content (AvgIpc) is 3.02. The number of nitrogens with one attached hydrogen (secondary N) is 1. The Bertz CT molecular complexity index is 1560. The smallest absolute Gasteiger partial charge is 0.305 e. The summed E-state index contributed by atoms with van der Waals surface area (Å²) in [6.07, 6.45) is 6.36. The predicted molar refractivity (Wildman–Crippen MR) is 168 cm³/mol. The fraction of sp³-hybridized carbons (Fsp3) is 0.242. The zero-order chi connectivity index (χ0) is 30.8. The third-order valence-corrected chi connectivity index (χ3v) is 7.14. The third kappa shape index (κ3) is 8.62. The topological polar surface area (TPSA) is 116 Å². The zero-order valence-electron chi connectivity index (χ0n) is 24.2. The van der Waals surface area contributed by atoms with Crippen molar-refractivity contribution in [3.63, 3.8) is 0 Å². The molecule has 0 saturated heterocycles. The first-order valence-electron chi connectivity index (χ1n) is 14.0. The van der Waals surface area contributed by atoms with Gasteiger partial charge in [-0.2, -0.15) is 0 Å². The van der Waals surface area contributed by atoms with Crippen molar-refractivity contribution >= 4 is 40.8 Å². The first kappa shape index (κ1) is 31.2. The SMILES string of the molecule is CCCCN(C)c1ccc(-c2cccc(CN(CCC(=O)O)C(=O)c3cccnc3)c2)cc1NC(=O)c1ccc(Cl)nc1. The van der Waals surface area contributed by atoms with E-state index in [-0.39, 0.29) is 31.3 Å². The number of anilines is 2. The maximum absolute atomic E-state index is 13.2. The monoisotopic (exact) mass is 599 g/mol. The lowest BCUT2D eigenvalue weighted by molar-refractivity contribution is -0.137. The molecule has 0 atom stereocenters. The number of rotatable bonds is 13. The molecular weight excluding hydrogens is 566 g/mol. The standard InChI is InChI=1S/C33H34ClN5O4/c1-3-4-16-38(2)29-12-10-25(19-28(29)37-32(42)26-11-13-30(34)36-21-26)24-8-5-7-23(18-24)22-39(17-14-31(40)41)33(43)27-9-6-15-35-20-27/h5-13,15,18-21H,3-4,14,16-17,22H2,1-2H3,(H,37,42)(H,40,41). The molecule has 0 unspecified atom stereocenters. The van der Waals surface area contributed by atoms with Crippen LogP contribution in [0.15, 0.2) is 85.3 Å². The number of hydrogen-bond acceptors (Lipinski definition) is 6. The third-order valence-electron chi connectivity index (χ3n) is 6.92. The number of benzene rings is 2. The van der Waals surface area contributed by atoms with Gasteiger partial charge in [-0.15, -0.1) is 0 Å². The number of aromatic nitrogens is 2. The van der Waals surface area contributed by atoms with E-state index in [1.54, 1.807) is 30.5 Å². The number of unbranched alkanes of at least 4 members (excludes halogenated alkanes) is 1. The van der Waals surface area contributed by atoms with E-state index in [9.17, 15) is 19.5 Å². The van der Waals surface area contributed by atoms with Crippen molar-refractivity contribution in [2.75, 3.05) is 30.4 Å². The number of pyridine rings is 2. The van der Waals surface area contributed by atoms with E-state index >= 15 is 0 Å². The van der Waals surface area contributed by atoms with Gasteiger partial charge in [0.1, 0.15) is 5.15 Å². The second kappa shape index (κ2) is 14.9. The first-order valence-corrected chi connectivity index (χ1v) is 14.4. The molecule has 0 spiro atoms. The molecular formula is C33H34ClN5O4. The Morgan fingerprint density at radius 2 is 1.74 bits per heavy atom. The van der Waals surface area contributed by atoms with E-state index in [1.807, 2.05) is 49.5 Å². The molecule has 0 radical (unpaired) electrons. The van der Waals surface area contributed by atoms with E-state index in [0.29, 0.717) is 22.0 Å². The molecule has 4 rings (SSSR count). The minimum atomic E-state index is -0.981. The number of aliphatic carboxylic acids is 1. The summed E-state index contributed by atoms with van der Waals surface area (Å²) in [6.45, 7) is 3.24. The molecule has 43 heavy (non-hydrogen) atoms. The number of nitrogens with zero attached hydrogens (tertiary/aromatic N) is 4. The molecule has 10 heteroatoms. The van der Waals surface area contributed by atoms with Crippen LogP contribution in [0.3, 0.4) is 0 Å². The molecule has 0 saturated carbocycles. The normalized spacial score (nSPS) is 10.7. The summed E-state index contributed by atoms with van der Waals surface area (Å²) in [5, 5.41) is 12.6. The van der Waals surface area contributed by atoms with Gasteiger partial charge >= 0.3 is 5.97 Å². The lowest BCUT2D eigenvalue weighted by atomic mass is 10.0. The first-order chi connectivity index (χ1) is 20.7. The molecule has 2 aromatic heterocycles. The van der Waals surface area contributed by atoms with E-state index in [4.69, 9.17) is 11.6 Å². The van der Waals surface area contributed by atoms with Gasteiger partial charge in [-0.25, -0.2) is 4.98 Å². The molecule has 2 aromatic carbocycles.